The Morgan fingerprint density at radius 3 is 2.60 bits per heavy atom. The normalized spacial score (nSPS) is 13.7. The van der Waals surface area contributed by atoms with Crippen LogP contribution in [0.25, 0.3) is 10.2 Å². The minimum atomic E-state index is -0.340. The van der Waals surface area contributed by atoms with Gasteiger partial charge in [0.15, 0.2) is 0 Å². The summed E-state index contributed by atoms with van der Waals surface area (Å²) in [5, 5.41) is 6.80. The number of para-hydroxylation sites is 1. The number of amides is 3. The van der Waals surface area contributed by atoms with Crippen molar-refractivity contribution in [1.29, 1.82) is 0 Å². The van der Waals surface area contributed by atoms with E-state index in [1.807, 2.05) is 61.5 Å². The topological polar surface area (TPSA) is 110 Å². The second-order valence-corrected chi connectivity index (χ2v) is 12.3. The molecule has 0 radical (unpaired) electrons. The predicted octanol–water partition coefficient (Wildman–Crippen LogP) is 7.35. The molecule has 0 aliphatic carbocycles. The molecule has 1 aliphatic heterocycles. The van der Waals surface area contributed by atoms with Crippen molar-refractivity contribution in [2.24, 2.45) is 11.1 Å². The highest BCUT2D eigenvalue weighted by molar-refractivity contribution is 7.21. The summed E-state index contributed by atoms with van der Waals surface area (Å²) in [7, 11) is 0. The van der Waals surface area contributed by atoms with Gasteiger partial charge in [-0.15, -0.1) is 11.3 Å². The van der Waals surface area contributed by atoms with E-state index >= 15 is 0 Å². The molecule has 0 fully saturated rings. The van der Waals surface area contributed by atoms with Crippen LogP contribution >= 0.6 is 11.3 Å². The van der Waals surface area contributed by atoms with E-state index < -0.39 is 0 Å². The fourth-order valence-corrected chi connectivity index (χ4v) is 5.95. The van der Waals surface area contributed by atoms with Crippen LogP contribution in [-0.4, -0.2) is 29.5 Å². The van der Waals surface area contributed by atoms with Crippen molar-refractivity contribution in [1.82, 2.24) is 10.3 Å². The summed E-state index contributed by atoms with van der Waals surface area (Å²) in [6.07, 6.45) is 4.48. The van der Waals surface area contributed by atoms with E-state index in [1.165, 1.54) is 11.3 Å². The van der Waals surface area contributed by atoms with E-state index in [-0.39, 0.29) is 23.4 Å². The molecule has 0 spiro atoms. The Morgan fingerprint density at radius 2 is 1.90 bits per heavy atom. The number of pyridine rings is 1. The maximum atomic E-state index is 13.5. The number of nitrogens with two attached hydrogens (primary N) is 1. The third kappa shape index (κ3) is 5.80. The van der Waals surface area contributed by atoms with Crippen LogP contribution in [0.4, 0.5) is 21.9 Å². The molecular formula is C31H35N5O3S. The third-order valence-electron chi connectivity index (χ3n) is 6.94. The zero-order chi connectivity index (χ0) is 28.4. The van der Waals surface area contributed by atoms with Crippen LogP contribution in [0, 0.1) is 12.3 Å². The first kappa shape index (κ1) is 27.6. The van der Waals surface area contributed by atoms with Crippen LogP contribution in [0.1, 0.15) is 55.3 Å². The van der Waals surface area contributed by atoms with Crippen molar-refractivity contribution in [2.45, 2.75) is 53.0 Å². The fraction of sp³-hybridized carbons (Fsp3) is 0.323. The lowest BCUT2D eigenvalue weighted by atomic mass is 9.89. The first-order valence-electron chi connectivity index (χ1n) is 13.5. The van der Waals surface area contributed by atoms with Gasteiger partial charge in [0.2, 0.25) is 0 Å². The number of carbonyl (C=O) groups excluding carboxylic acids is 2. The zero-order valence-corrected chi connectivity index (χ0v) is 24.1. The summed E-state index contributed by atoms with van der Waals surface area (Å²) in [5.74, 6) is 1.17. The highest BCUT2D eigenvalue weighted by Crippen LogP contribution is 2.46. The number of hydrogen-bond acceptors (Lipinski definition) is 6. The van der Waals surface area contributed by atoms with Crippen molar-refractivity contribution >= 4 is 50.6 Å². The van der Waals surface area contributed by atoms with Crippen LogP contribution in [0.2, 0.25) is 0 Å². The lowest BCUT2D eigenvalue weighted by Crippen LogP contribution is -2.40. The molecule has 2 aromatic carbocycles. The molecule has 4 N–H and O–H groups in total. The van der Waals surface area contributed by atoms with Gasteiger partial charge in [0, 0.05) is 18.8 Å². The van der Waals surface area contributed by atoms with Gasteiger partial charge in [0.25, 0.3) is 5.91 Å². The van der Waals surface area contributed by atoms with Crippen molar-refractivity contribution in [3.63, 3.8) is 0 Å². The van der Waals surface area contributed by atoms with E-state index in [0.29, 0.717) is 33.4 Å². The molecule has 9 heteroatoms. The summed E-state index contributed by atoms with van der Waals surface area (Å²) < 4.78 is 5.97. The first-order chi connectivity index (χ1) is 19.1. The number of anilines is 3. The molecule has 8 nitrogen and oxygen atoms in total. The molecule has 40 heavy (non-hydrogen) atoms. The smallest absolute Gasteiger partial charge is 0.331 e. The molecule has 3 amide bonds. The standard InChI is InChI=1S/C31H35N5O3S/c1-19-17-22(39-21-10-6-5-7-11-21)12-13-23(19)36-24-14-16-33-29-25(24)26(35-30(36)38)27(40-29)28(37)34-20(18-32)9-8-15-31(2,3)4/h5-7,10-14,16-17,20H,8-9,15,18,32H2,1-4H3,(H,34,37)(H,35,38). The average Bonchev–Trinajstić information content (AvgIpc) is 3.28. The van der Waals surface area contributed by atoms with Gasteiger partial charge in [-0.1, -0.05) is 45.4 Å². The number of carbonyl (C=O) groups is 2. The van der Waals surface area contributed by atoms with Crippen LogP contribution in [0.3, 0.4) is 0 Å². The van der Waals surface area contributed by atoms with Crippen LogP contribution in [0.5, 0.6) is 11.5 Å². The Bertz CT molecular complexity index is 1540. The summed E-state index contributed by atoms with van der Waals surface area (Å²) in [5.41, 5.74) is 8.98. The van der Waals surface area contributed by atoms with Crippen molar-refractivity contribution < 1.29 is 14.3 Å². The molecule has 0 saturated heterocycles. The molecule has 3 heterocycles. The largest absolute Gasteiger partial charge is 0.457 e. The van der Waals surface area contributed by atoms with Gasteiger partial charge in [-0.2, -0.15) is 0 Å². The van der Waals surface area contributed by atoms with E-state index in [2.05, 4.69) is 36.4 Å². The number of urea groups is 1. The average molecular weight is 558 g/mol. The fourth-order valence-electron chi connectivity index (χ4n) is 4.93. The van der Waals surface area contributed by atoms with Crippen molar-refractivity contribution in [2.75, 3.05) is 16.8 Å². The SMILES string of the molecule is Cc1cc(Oc2ccccc2)ccc1N1C(=O)Nc2c(C(=O)NC(CN)CCCC(C)(C)C)sc3nccc1c23. The summed E-state index contributed by atoms with van der Waals surface area (Å²) in [4.78, 5) is 34.2. The maximum Gasteiger partial charge on any atom is 0.331 e. The maximum absolute atomic E-state index is 13.5. The Labute approximate surface area is 238 Å². The van der Waals surface area contributed by atoms with Gasteiger partial charge in [0.1, 0.15) is 21.2 Å². The molecule has 1 aliphatic rings. The number of thiophene rings is 1. The highest BCUT2D eigenvalue weighted by atomic mass is 32.1. The number of ether oxygens (including phenoxy) is 1. The molecule has 1 atom stereocenters. The number of benzene rings is 2. The molecule has 0 saturated carbocycles. The molecule has 2 aromatic heterocycles. The van der Waals surface area contributed by atoms with Crippen LogP contribution in [-0.2, 0) is 0 Å². The number of hydrogen-bond donors (Lipinski definition) is 3. The van der Waals surface area contributed by atoms with Gasteiger partial charge in [-0.05, 0) is 67.1 Å². The summed E-state index contributed by atoms with van der Waals surface area (Å²) in [6, 6.07) is 16.5. The number of aromatic nitrogens is 1. The second kappa shape index (κ2) is 11.3. The Hall–Kier alpha value is -3.95. The monoisotopic (exact) mass is 557 g/mol. The number of aryl methyl sites for hydroxylation is 1. The van der Waals surface area contributed by atoms with Crippen molar-refractivity contribution in [3.05, 3.63) is 71.2 Å². The molecule has 0 bridgehead atoms. The Balaban J connectivity index is 1.42. The quantitative estimate of drug-likeness (QED) is 0.199. The van der Waals surface area contributed by atoms with E-state index in [1.54, 1.807) is 11.1 Å². The summed E-state index contributed by atoms with van der Waals surface area (Å²) in [6.45, 7) is 8.90. The Morgan fingerprint density at radius 1 is 1.12 bits per heavy atom. The first-order valence-corrected chi connectivity index (χ1v) is 14.3. The highest BCUT2D eigenvalue weighted by Gasteiger charge is 2.33. The zero-order valence-electron chi connectivity index (χ0n) is 23.3. The lowest BCUT2D eigenvalue weighted by Gasteiger charge is -2.29. The second-order valence-electron chi connectivity index (χ2n) is 11.3. The van der Waals surface area contributed by atoms with Gasteiger partial charge in [-0.25, -0.2) is 9.78 Å². The number of nitrogens with one attached hydrogen (secondary N) is 2. The summed E-state index contributed by atoms with van der Waals surface area (Å²) >= 11 is 1.27. The predicted molar refractivity (Wildman–Crippen MR) is 162 cm³/mol. The Kier molecular flexibility index (Phi) is 7.78. The third-order valence-corrected chi connectivity index (χ3v) is 8.04. The van der Waals surface area contributed by atoms with Crippen LogP contribution in [0.15, 0.2) is 60.8 Å². The van der Waals surface area contributed by atoms with E-state index in [0.717, 1.165) is 41.6 Å². The van der Waals surface area contributed by atoms with Crippen molar-refractivity contribution in [3.8, 4) is 11.5 Å². The molecular weight excluding hydrogens is 522 g/mol. The van der Waals surface area contributed by atoms with E-state index in [9.17, 15) is 9.59 Å². The molecule has 5 rings (SSSR count). The van der Waals surface area contributed by atoms with Crippen LogP contribution < -0.4 is 26.0 Å². The van der Waals surface area contributed by atoms with Gasteiger partial charge < -0.3 is 21.1 Å². The molecule has 208 valence electrons. The van der Waals surface area contributed by atoms with Gasteiger partial charge >= 0.3 is 6.03 Å². The minimum Gasteiger partial charge on any atom is -0.457 e. The molecule has 1 unspecified atom stereocenters. The van der Waals surface area contributed by atoms with E-state index in [4.69, 9.17) is 10.5 Å². The van der Waals surface area contributed by atoms with Gasteiger partial charge in [-0.3, -0.25) is 9.69 Å². The number of nitrogens with zero attached hydrogens (tertiary/aromatic N) is 2. The lowest BCUT2D eigenvalue weighted by molar-refractivity contribution is 0.0940. The minimum absolute atomic E-state index is 0.144. The van der Waals surface area contributed by atoms with Gasteiger partial charge in [0.05, 0.1) is 22.4 Å². The number of rotatable bonds is 9. The molecule has 4 aromatic rings.